The van der Waals surface area contributed by atoms with Crippen LogP contribution in [0.2, 0.25) is 0 Å². The van der Waals surface area contributed by atoms with Gasteiger partial charge in [0.25, 0.3) is 5.91 Å². The Hall–Kier alpha value is -3.26. The number of benzene rings is 2. The van der Waals surface area contributed by atoms with Crippen LogP contribution in [0.4, 0.5) is 11.6 Å². The van der Waals surface area contributed by atoms with Crippen molar-refractivity contribution in [2.45, 2.75) is 38.9 Å². The summed E-state index contributed by atoms with van der Waals surface area (Å²) in [5, 5.41) is 21.4. The van der Waals surface area contributed by atoms with Gasteiger partial charge in [0.1, 0.15) is 11.8 Å². The number of aryl methyl sites for hydroxylation is 1. The number of carbonyl (C=O) groups excluding carboxylic acids is 1. The molecule has 2 aromatic carbocycles. The molecule has 4 rings (SSSR count). The van der Waals surface area contributed by atoms with Gasteiger partial charge in [0.2, 0.25) is 11.1 Å². The van der Waals surface area contributed by atoms with Gasteiger partial charge in [-0.1, -0.05) is 43.0 Å². The average molecular weight is 436 g/mol. The highest BCUT2D eigenvalue weighted by molar-refractivity contribution is 7.99. The van der Waals surface area contributed by atoms with Crippen molar-refractivity contribution in [2.24, 2.45) is 0 Å². The summed E-state index contributed by atoms with van der Waals surface area (Å²) in [4.78, 5) is 18.1. The SMILES string of the molecule is CCSc1nc2n(n1)C(c1ccc(O)cc1)C(C(=O)Nc1cccc(C)c1C)=C(C)N2. The van der Waals surface area contributed by atoms with Crippen LogP contribution in [0.5, 0.6) is 5.75 Å². The van der Waals surface area contributed by atoms with Crippen molar-refractivity contribution in [1.82, 2.24) is 14.8 Å². The second kappa shape index (κ2) is 8.47. The molecule has 1 amide bonds. The molecule has 0 bridgehead atoms. The first-order valence-corrected chi connectivity index (χ1v) is 11.1. The van der Waals surface area contributed by atoms with Crippen molar-refractivity contribution in [3.05, 3.63) is 70.4 Å². The van der Waals surface area contributed by atoms with Crippen LogP contribution in [-0.4, -0.2) is 31.5 Å². The number of allylic oxidation sites excluding steroid dienone is 1. The first kappa shape index (κ1) is 21.0. The van der Waals surface area contributed by atoms with Crippen LogP contribution in [0.25, 0.3) is 0 Å². The lowest BCUT2D eigenvalue weighted by Gasteiger charge is -2.29. The predicted octanol–water partition coefficient (Wildman–Crippen LogP) is 4.64. The molecule has 7 nitrogen and oxygen atoms in total. The van der Waals surface area contributed by atoms with Crippen LogP contribution in [0.3, 0.4) is 0 Å². The fourth-order valence-electron chi connectivity index (χ4n) is 3.66. The normalized spacial score (nSPS) is 15.4. The first-order valence-electron chi connectivity index (χ1n) is 10.1. The van der Waals surface area contributed by atoms with Gasteiger partial charge in [-0.05, 0) is 61.4 Å². The number of anilines is 2. The van der Waals surface area contributed by atoms with E-state index in [-0.39, 0.29) is 11.7 Å². The van der Waals surface area contributed by atoms with Crippen molar-refractivity contribution in [2.75, 3.05) is 16.4 Å². The van der Waals surface area contributed by atoms with E-state index in [2.05, 4.69) is 20.7 Å². The van der Waals surface area contributed by atoms with Crippen LogP contribution >= 0.6 is 11.8 Å². The van der Waals surface area contributed by atoms with Gasteiger partial charge in [-0.3, -0.25) is 4.79 Å². The number of hydrogen-bond acceptors (Lipinski definition) is 6. The number of carbonyl (C=O) groups is 1. The highest BCUT2D eigenvalue weighted by Gasteiger charge is 2.34. The number of aromatic nitrogens is 3. The quantitative estimate of drug-likeness (QED) is 0.506. The number of nitrogens with one attached hydrogen (secondary N) is 2. The minimum Gasteiger partial charge on any atom is -0.508 e. The Labute approximate surface area is 185 Å². The van der Waals surface area contributed by atoms with Gasteiger partial charge >= 0.3 is 0 Å². The molecular weight excluding hydrogens is 410 g/mol. The van der Waals surface area contributed by atoms with E-state index in [1.807, 2.05) is 58.0 Å². The number of phenolic OH excluding ortho intramolecular Hbond substituents is 1. The van der Waals surface area contributed by atoms with E-state index >= 15 is 0 Å². The third-order valence-corrected chi connectivity index (χ3v) is 6.13. The maximum Gasteiger partial charge on any atom is 0.255 e. The van der Waals surface area contributed by atoms with Gasteiger partial charge in [-0.15, -0.1) is 5.10 Å². The number of thioether (sulfide) groups is 1. The molecule has 3 aromatic rings. The van der Waals surface area contributed by atoms with E-state index in [9.17, 15) is 9.90 Å². The number of aromatic hydroxyl groups is 1. The second-order valence-corrected chi connectivity index (χ2v) is 8.69. The zero-order valence-corrected chi connectivity index (χ0v) is 18.7. The zero-order chi connectivity index (χ0) is 22.1. The molecule has 160 valence electrons. The maximum atomic E-state index is 13.5. The van der Waals surface area contributed by atoms with Crippen molar-refractivity contribution in [3.63, 3.8) is 0 Å². The van der Waals surface area contributed by atoms with Crippen molar-refractivity contribution < 1.29 is 9.90 Å². The van der Waals surface area contributed by atoms with Crippen molar-refractivity contribution in [3.8, 4) is 5.75 Å². The molecule has 1 unspecified atom stereocenters. The van der Waals surface area contributed by atoms with E-state index in [0.29, 0.717) is 22.4 Å². The number of nitrogens with zero attached hydrogens (tertiary/aromatic N) is 3. The molecule has 1 atom stereocenters. The Morgan fingerprint density at radius 1 is 1.19 bits per heavy atom. The lowest BCUT2D eigenvalue weighted by molar-refractivity contribution is -0.113. The van der Waals surface area contributed by atoms with Gasteiger partial charge in [-0.25, -0.2) is 4.68 Å². The Morgan fingerprint density at radius 2 is 1.94 bits per heavy atom. The van der Waals surface area contributed by atoms with Crippen LogP contribution in [0, 0.1) is 13.8 Å². The molecule has 0 saturated carbocycles. The fraction of sp³-hybridized carbons (Fsp3) is 0.261. The average Bonchev–Trinajstić information content (AvgIpc) is 3.13. The summed E-state index contributed by atoms with van der Waals surface area (Å²) >= 11 is 1.54. The summed E-state index contributed by atoms with van der Waals surface area (Å²) in [6.07, 6.45) is 0. The molecule has 31 heavy (non-hydrogen) atoms. The van der Waals surface area contributed by atoms with Gasteiger partial charge in [0.15, 0.2) is 0 Å². The molecule has 0 spiro atoms. The summed E-state index contributed by atoms with van der Waals surface area (Å²) in [5.74, 6) is 1.40. The van der Waals surface area contributed by atoms with E-state index in [1.165, 1.54) is 0 Å². The van der Waals surface area contributed by atoms with E-state index < -0.39 is 6.04 Å². The molecule has 0 saturated heterocycles. The Morgan fingerprint density at radius 3 is 2.65 bits per heavy atom. The number of fused-ring (bicyclic) bond motifs is 1. The van der Waals surface area contributed by atoms with E-state index in [0.717, 1.165) is 28.1 Å². The molecule has 1 aromatic heterocycles. The number of amides is 1. The van der Waals surface area contributed by atoms with Crippen LogP contribution in [-0.2, 0) is 4.79 Å². The Kier molecular flexibility index (Phi) is 5.73. The molecule has 1 aliphatic rings. The summed E-state index contributed by atoms with van der Waals surface area (Å²) in [7, 11) is 0. The number of rotatable bonds is 5. The van der Waals surface area contributed by atoms with Crippen molar-refractivity contribution in [1.29, 1.82) is 0 Å². The first-order chi connectivity index (χ1) is 14.9. The smallest absolute Gasteiger partial charge is 0.255 e. The summed E-state index contributed by atoms with van der Waals surface area (Å²) < 4.78 is 1.75. The summed E-state index contributed by atoms with van der Waals surface area (Å²) in [6, 6.07) is 12.2. The predicted molar refractivity (Wildman–Crippen MR) is 124 cm³/mol. The summed E-state index contributed by atoms with van der Waals surface area (Å²) in [6.45, 7) is 7.93. The molecule has 8 heteroatoms. The van der Waals surface area contributed by atoms with Crippen LogP contribution in [0.1, 0.15) is 36.6 Å². The Balaban J connectivity index is 1.78. The highest BCUT2D eigenvalue weighted by atomic mass is 32.2. The molecule has 3 N–H and O–H groups in total. The van der Waals surface area contributed by atoms with E-state index in [1.54, 1.807) is 28.6 Å². The third-order valence-electron chi connectivity index (χ3n) is 5.41. The molecule has 0 aliphatic carbocycles. The molecule has 2 heterocycles. The summed E-state index contributed by atoms with van der Waals surface area (Å²) in [5.41, 5.74) is 5.03. The fourth-order valence-corrected chi connectivity index (χ4v) is 4.21. The van der Waals surface area contributed by atoms with Gasteiger partial charge in [-0.2, -0.15) is 4.98 Å². The lowest BCUT2D eigenvalue weighted by atomic mass is 9.94. The molecule has 0 radical (unpaired) electrons. The van der Waals surface area contributed by atoms with Gasteiger partial charge in [0.05, 0.1) is 5.57 Å². The minimum absolute atomic E-state index is 0.167. The van der Waals surface area contributed by atoms with E-state index in [4.69, 9.17) is 0 Å². The minimum atomic E-state index is -0.472. The molecule has 0 fully saturated rings. The molecular formula is C23H25N5O2S. The highest BCUT2D eigenvalue weighted by Crippen LogP contribution is 2.37. The van der Waals surface area contributed by atoms with Gasteiger partial charge in [0, 0.05) is 11.4 Å². The lowest BCUT2D eigenvalue weighted by Crippen LogP contribution is -2.31. The largest absolute Gasteiger partial charge is 0.508 e. The van der Waals surface area contributed by atoms with Crippen molar-refractivity contribution >= 4 is 29.3 Å². The number of hydrogen-bond donors (Lipinski definition) is 3. The Bertz CT molecular complexity index is 1170. The topological polar surface area (TPSA) is 92.1 Å². The number of phenols is 1. The standard InChI is InChI=1S/C23H25N5O2S/c1-5-31-23-26-22-24-15(4)19(21(30)25-18-8-6-7-13(2)14(18)3)20(28(22)27-23)16-9-11-17(29)12-10-16/h6-12,20,29H,5H2,1-4H3,(H,25,30)(H,24,26,27). The van der Waals surface area contributed by atoms with Crippen LogP contribution < -0.4 is 10.6 Å². The monoisotopic (exact) mass is 435 g/mol. The zero-order valence-electron chi connectivity index (χ0n) is 17.9. The second-order valence-electron chi connectivity index (χ2n) is 7.45. The van der Waals surface area contributed by atoms with Gasteiger partial charge < -0.3 is 15.7 Å². The third kappa shape index (κ3) is 4.03. The maximum absolute atomic E-state index is 13.5. The van der Waals surface area contributed by atoms with Crippen LogP contribution in [0.15, 0.2) is 58.9 Å². The molecule has 1 aliphatic heterocycles.